The number of anilines is 1. The summed E-state index contributed by atoms with van der Waals surface area (Å²) in [6.45, 7) is 0. The second kappa shape index (κ2) is 7.28. The largest absolute Gasteiger partial charge is 0.493 e. The van der Waals surface area contributed by atoms with Crippen LogP contribution in [0.25, 0.3) is 27.6 Å². The number of nitrogens with zero attached hydrogens (tertiary/aromatic N) is 4. The minimum absolute atomic E-state index is 0.291. The van der Waals surface area contributed by atoms with Crippen molar-refractivity contribution < 1.29 is 13.9 Å². The highest BCUT2D eigenvalue weighted by Gasteiger charge is 2.17. The summed E-state index contributed by atoms with van der Waals surface area (Å²) >= 11 is 1.39. The number of benzene rings is 2. The molecule has 0 radical (unpaired) electrons. The van der Waals surface area contributed by atoms with Gasteiger partial charge < -0.3 is 15.2 Å². The fourth-order valence-corrected chi connectivity index (χ4v) is 3.57. The monoisotopic (exact) mass is 397 g/mol. The number of ether oxygens (including phenoxy) is 2. The van der Waals surface area contributed by atoms with Crippen molar-refractivity contribution in [1.29, 1.82) is 0 Å². The van der Waals surface area contributed by atoms with E-state index < -0.39 is 0 Å². The van der Waals surface area contributed by atoms with E-state index >= 15 is 0 Å². The molecule has 0 unspecified atom stereocenters. The quantitative estimate of drug-likeness (QED) is 0.551. The van der Waals surface area contributed by atoms with Gasteiger partial charge >= 0.3 is 0 Å². The van der Waals surface area contributed by atoms with Gasteiger partial charge in [0, 0.05) is 10.9 Å². The van der Waals surface area contributed by atoms with Gasteiger partial charge in [0.05, 0.1) is 25.6 Å². The first-order valence-corrected chi connectivity index (χ1v) is 9.14. The van der Waals surface area contributed by atoms with Crippen LogP contribution < -0.4 is 15.2 Å². The molecular weight excluding hydrogens is 381 g/mol. The number of methoxy groups -OCH3 is 2. The Bertz CT molecular complexity index is 1140. The molecule has 7 nitrogen and oxygen atoms in total. The van der Waals surface area contributed by atoms with Gasteiger partial charge in [-0.05, 0) is 36.4 Å². The van der Waals surface area contributed by atoms with Crippen molar-refractivity contribution in [3.05, 3.63) is 53.7 Å². The van der Waals surface area contributed by atoms with E-state index in [1.165, 1.54) is 28.2 Å². The summed E-state index contributed by atoms with van der Waals surface area (Å²) < 4.78 is 25.5. The summed E-state index contributed by atoms with van der Waals surface area (Å²) in [4.78, 5) is 4.62. The zero-order valence-electron chi connectivity index (χ0n) is 15.1. The molecule has 0 saturated carbocycles. The minimum atomic E-state index is -0.376. The lowest BCUT2D eigenvalue weighted by Gasteiger charge is -2.08. The van der Waals surface area contributed by atoms with Gasteiger partial charge in [-0.3, -0.25) is 0 Å². The predicted octanol–water partition coefficient (Wildman–Crippen LogP) is 3.80. The Morgan fingerprint density at radius 2 is 1.89 bits per heavy atom. The van der Waals surface area contributed by atoms with Crippen molar-refractivity contribution in [3.63, 3.8) is 0 Å². The first-order valence-electron chi connectivity index (χ1n) is 8.26. The van der Waals surface area contributed by atoms with Gasteiger partial charge in [-0.2, -0.15) is 4.68 Å². The van der Waals surface area contributed by atoms with Gasteiger partial charge in [0.1, 0.15) is 10.8 Å². The summed E-state index contributed by atoms with van der Waals surface area (Å²) in [5.74, 6) is 1.17. The third kappa shape index (κ3) is 3.16. The molecule has 0 aliphatic rings. The molecule has 0 saturated heterocycles. The number of thiazole rings is 1. The SMILES string of the molecule is COc1ccc(-c2csc(-c3nnn(-c4cccc(F)c4)c3N)n2)cc1OC. The number of nitrogens with two attached hydrogens (primary N) is 1. The fourth-order valence-electron chi connectivity index (χ4n) is 2.75. The summed E-state index contributed by atoms with van der Waals surface area (Å²) in [7, 11) is 3.17. The number of aromatic nitrogens is 4. The zero-order chi connectivity index (χ0) is 19.7. The Kier molecular flexibility index (Phi) is 4.66. The number of nitrogen functional groups attached to an aromatic ring is 1. The van der Waals surface area contributed by atoms with Crippen LogP contribution in [0.1, 0.15) is 0 Å². The van der Waals surface area contributed by atoms with Crippen molar-refractivity contribution in [2.24, 2.45) is 0 Å². The Labute approximate surface area is 164 Å². The topological polar surface area (TPSA) is 88.1 Å². The average molecular weight is 397 g/mol. The minimum Gasteiger partial charge on any atom is -0.493 e. The molecule has 0 bridgehead atoms. The first-order chi connectivity index (χ1) is 13.6. The fraction of sp³-hybridized carbons (Fsp3) is 0.105. The van der Waals surface area contributed by atoms with Gasteiger partial charge in [0.2, 0.25) is 0 Å². The van der Waals surface area contributed by atoms with E-state index in [9.17, 15) is 4.39 Å². The van der Waals surface area contributed by atoms with Crippen molar-refractivity contribution in [3.8, 4) is 39.1 Å². The molecule has 0 amide bonds. The first kappa shape index (κ1) is 17.9. The van der Waals surface area contributed by atoms with E-state index in [0.717, 1.165) is 11.3 Å². The molecular formula is C19H16FN5O2S. The summed E-state index contributed by atoms with van der Waals surface area (Å²) in [6.07, 6.45) is 0. The molecule has 9 heteroatoms. The highest BCUT2D eigenvalue weighted by Crippen LogP contribution is 2.35. The lowest BCUT2D eigenvalue weighted by atomic mass is 10.1. The van der Waals surface area contributed by atoms with E-state index in [2.05, 4.69) is 15.3 Å². The van der Waals surface area contributed by atoms with Gasteiger partial charge in [-0.25, -0.2) is 9.37 Å². The van der Waals surface area contributed by atoms with Crippen molar-refractivity contribution in [1.82, 2.24) is 20.0 Å². The van der Waals surface area contributed by atoms with Gasteiger partial charge in [-0.15, -0.1) is 16.4 Å². The van der Waals surface area contributed by atoms with Crippen molar-refractivity contribution >= 4 is 17.2 Å². The maximum Gasteiger partial charge on any atom is 0.165 e. The van der Waals surface area contributed by atoms with Crippen LogP contribution in [-0.2, 0) is 0 Å². The van der Waals surface area contributed by atoms with E-state index in [1.807, 2.05) is 23.6 Å². The van der Waals surface area contributed by atoms with Gasteiger partial charge in [-0.1, -0.05) is 11.3 Å². The summed E-state index contributed by atoms with van der Waals surface area (Å²) in [5.41, 5.74) is 8.76. The normalized spacial score (nSPS) is 10.8. The number of halogens is 1. The number of hydrogen-bond donors (Lipinski definition) is 1. The Morgan fingerprint density at radius 1 is 1.07 bits per heavy atom. The van der Waals surface area contributed by atoms with Gasteiger partial charge in [0.25, 0.3) is 0 Å². The molecule has 2 heterocycles. The average Bonchev–Trinajstić information content (AvgIpc) is 3.34. The zero-order valence-corrected chi connectivity index (χ0v) is 15.9. The number of rotatable bonds is 5. The summed E-state index contributed by atoms with van der Waals surface area (Å²) in [6, 6.07) is 11.6. The highest BCUT2D eigenvalue weighted by molar-refractivity contribution is 7.13. The summed E-state index contributed by atoms with van der Waals surface area (Å²) in [5, 5.41) is 10.7. The van der Waals surface area contributed by atoms with E-state index in [1.54, 1.807) is 26.4 Å². The van der Waals surface area contributed by atoms with Gasteiger partial charge in [0.15, 0.2) is 23.0 Å². The molecule has 2 N–H and O–H groups in total. The van der Waals surface area contributed by atoms with E-state index in [0.29, 0.717) is 33.7 Å². The molecule has 4 aromatic rings. The molecule has 142 valence electrons. The predicted molar refractivity (Wildman–Crippen MR) is 105 cm³/mol. The second-order valence-corrected chi connectivity index (χ2v) is 6.68. The molecule has 4 rings (SSSR count). The standard InChI is InChI=1S/C19H16FN5O2S/c1-26-15-7-6-11(8-16(15)27-2)14-10-28-19(22-14)17-18(21)25(24-23-17)13-5-3-4-12(20)9-13/h3-10H,21H2,1-2H3. The lowest BCUT2D eigenvalue weighted by Crippen LogP contribution is -2.02. The van der Waals surface area contributed by atoms with Crippen molar-refractivity contribution in [2.45, 2.75) is 0 Å². The Hall–Kier alpha value is -3.46. The van der Waals surface area contributed by atoms with Crippen LogP contribution in [0.3, 0.4) is 0 Å². The van der Waals surface area contributed by atoms with Crippen molar-refractivity contribution in [2.75, 3.05) is 20.0 Å². The maximum absolute atomic E-state index is 13.5. The third-order valence-corrected chi connectivity index (χ3v) is 4.99. The lowest BCUT2D eigenvalue weighted by molar-refractivity contribution is 0.355. The van der Waals surface area contributed by atoms with Crippen LogP contribution in [0.2, 0.25) is 0 Å². The van der Waals surface area contributed by atoms with E-state index in [4.69, 9.17) is 15.2 Å². The number of hydrogen-bond acceptors (Lipinski definition) is 7. The molecule has 2 aromatic heterocycles. The van der Waals surface area contributed by atoms with Crippen LogP contribution in [0.5, 0.6) is 11.5 Å². The third-order valence-electron chi connectivity index (χ3n) is 4.14. The highest BCUT2D eigenvalue weighted by atomic mass is 32.1. The molecule has 0 spiro atoms. The van der Waals surface area contributed by atoms with Crippen LogP contribution >= 0.6 is 11.3 Å². The molecule has 2 aromatic carbocycles. The smallest absolute Gasteiger partial charge is 0.165 e. The Morgan fingerprint density at radius 3 is 2.64 bits per heavy atom. The molecule has 28 heavy (non-hydrogen) atoms. The second-order valence-electron chi connectivity index (χ2n) is 5.82. The van der Waals surface area contributed by atoms with Crippen LogP contribution in [0.4, 0.5) is 10.2 Å². The van der Waals surface area contributed by atoms with E-state index in [-0.39, 0.29) is 5.82 Å². The maximum atomic E-state index is 13.5. The van der Waals surface area contributed by atoms with Crippen LogP contribution in [0, 0.1) is 5.82 Å². The molecule has 0 atom stereocenters. The molecule has 0 fully saturated rings. The molecule has 0 aliphatic carbocycles. The Balaban J connectivity index is 1.69. The van der Waals surface area contributed by atoms with Crippen LogP contribution in [-0.4, -0.2) is 34.2 Å². The van der Waals surface area contributed by atoms with Crippen LogP contribution in [0.15, 0.2) is 47.8 Å². The molecule has 0 aliphatic heterocycles.